The molecular weight excluding hydrogens is 494 g/mol. The Balaban J connectivity index is 1.80. The summed E-state index contributed by atoms with van der Waals surface area (Å²) in [5.41, 5.74) is 8.47. The van der Waals surface area contributed by atoms with E-state index < -0.39 is 18.0 Å². The first-order chi connectivity index (χ1) is 18.6. The predicted molar refractivity (Wildman–Crippen MR) is 156 cm³/mol. The summed E-state index contributed by atoms with van der Waals surface area (Å²) >= 11 is 0. The largest absolute Gasteiger partial charge is 0.378 e. The zero-order chi connectivity index (χ0) is 28.8. The van der Waals surface area contributed by atoms with Crippen LogP contribution in [0.5, 0.6) is 0 Å². The molecule has 0 aromatic heterocycles. The number of carbonyl (C=O) groups excluding carboxylic acids is 3. The van der Waals surface area contributed by atoms with E-state index in [1.54, 1.807) is 31.3 Å². The Morgan fingerprint density at radius 2 is 1.51 bits per heavy atom. The number of carbonyl (C=O) groups is 3. The van der Waals surface area contributed by atoms with Crippen molar-refractivity contribution in [1.29, 1.82) is 0 Å². The topological polar surface area (TPSA) is 141 Å². The summed E-state index contributed by atoms with van der Waals surface area (Å²) < 4.78 is 0. The van der Waals surface area contributed by atoms with Gasteiger partial charge in [-0.05, 0) is 80.8 Å². The summed E-state index contributed by atoms with van der Waals surface area (Å²) in [4.78, 5) is 38.9. The highest BCUT2D eigenvalue weighted by Gasteiger charge is 2.24. The first-order valence-corrected chi connectivity index (χ1v) is 13.5. The summed E-state index contributed by atoms with van der Waals surface area (Å²) in [5, 5.41) is 17.2. The van der Waals surface area contributed by atoms with E-state index in [0.717, 1.165) is 24.2 Å². The van der Waals surface area contributed by atoms with Crippen LogP contribution in [-0.4, -0.2) is 57.5 Å². The minimum atomic E-state index is -0.662. The Kier molecular flexibility index (Phi) is 13.1. The van der Waals surface area contributed by atoms with Crippen LogP contribution >= 0.6 is 0 Å². The van der Waals surface area contributed by atoms with Gasteiger partial charge in [-0.2, -0.15) is 10.2 Å². The van der Waals surface area contributed by atoms with E-state index in [1.807, 2.05) is 57.1 Å². The Morgan fingerprint density at radius 1 is 0.923 bits per heavy atom. The zero-order valence-electron chi connectivity index (χ0n) is 23.7. The maximum atomic E-state index is 12.7. The first kappa shape index (κ1) is 31.4. The Morgan fingerprint density at radius 3 is 2.03 bits per heavy atom. The number of hydrogen-bond acceptors (Lipinski definition) is 7. The molecule has 0 radical (unpaired) electrons. The van der Waals surface area contributed by atoms with Crippen molar-refractivity contribution in [3.8, 4) is 0 Å². The molecule has 0 aliphatic heterocycles. The minimum absolute atomic E-state index is 0.158. The standard InChI is InChI=1S/C29H43N7O3/c1-6-7-8-25(27(30)37)33-29(39)26(31-3)19-20(2)17-18-32-28(38)21-9-11-22(12-10-21)34-35-23-13-15-24(16-14-23)36(4)5/h9-16,20,25-26,31H,6-8,17-19H2,1-5H3,(H2,30,37)(H,32,38)(H,33,39)/t20?,25-,26+/m0/s1. The number of rotatable bonds is 16. The average molecular weight is 538 g/mol. The molecule has 2 aromatic rings. The van der Waals surface area contributed by atoms with E-state index in [1.165, 1.54) is 0 Å². The molecule has 2 aromatic carbocycles. The normalized spacial score (nSPS) is 13.5. The summed E-state index contributed by atoms with van der Waals surface area (Å²) in [6, 6.07) is 13.6. The number of nitrogens with two attached hydrogens (primary N) is 1. The second-order valence-electron chi connectivity index (χ2n) is 9.99. The van der Waals surface area contributed by atoms with Crippen LogP contribution in [0.3, 0.4) is 0 Å². The Hall–Kier alpha value is -3.79. The fourth-order valence-corrected chi connectivity index (χ4v) is 3.99. The average Bonchev–Trinajstić information content (AvgIpc) is 2.92. The van der Waals surface area contributed by atoms with Crippen LogP contribution in [0.2, 0.25) is 0 Å². The van der Waals surface area contributed by atoms with Crippen molar-refractivity contribution in [3.63, 3.8) is 0 Å². The van der Waals surface area contributed by atoms with Gasteiger partial charge in [0.1, 0.15) is 6.04 Å². The quantitative estimate of drug-likeness (QED) is 0.239. The molecule has 3 atom stereocenters. The lowest BCUT2D eigenvalue weighted by Gasteiger charge is -2.23. The Labute approximate surface area is 231 Å². The number of hydrogen-bond donors (Lipinski definition) is 4. The van der Waals surface area contributed by atoms with Gasteiger partial charge >= 0.3 is 0 Å². The number of likely N-dealkylation sites (N-methyl/N-ethyl adjacent to an activating group) is 1. The maximum Gasteiger partial charge on any atom is 0.251 e. The lowest BCUT2D eigenvalue weighted by molar-refractivity contribution is -0.129. The van der Waals surface area contributed by atoms with Gasteiger partial charge in [-0.3, -0.25) is 14.4 Å². The van der Waals surface area contributed by atoms with Gasteiger partial charge in [0.05, 0.1) is 17.4 Å². The van der Waals surface area contributed by atoms with Gasteiger partial charge in [-0.25, -0.2) is 0 Å². The molecule has 10 heteroatoms. The summed E-state index contributed by atoms with van der Waals surface area (Å²) in [5.74, 6) is -0.775. The van der Waals surface area contributed by atoms with Crippen molar-refractivity contribution in [3.05, 3.63) is 54.1 Å². The van der Waals surface area contributed by atoms with Gasteiger partial charge in [-0.1, -0.05) is 26.7 Å². The molecular formula is C29H43N7O3. The molecule has 0 heterocycles. The SMILES string of the molecule is CCCC[C@H](NC(=O)[C@@H](CC(C)CCNC(=O)c1ccc(N=Nc2ccc(N(C)C)cc2)cc1)NC)C(N)=O. The molecule has 0 spiro atoms. The molecule has 212 valence electrons. The van der Waals surface area contributed by atoms with E-state index >= 15 is 0 Å². The van der Waals surface area contributed by atoms with E-state index in [2.05, 4.69) is 26.2 Å². The first-order valence-electron chi connectivity index (χ1n) is 13.5. The van der Waals surface area contributed by atoms with Crippen LogP contribution in [0.25, 0.3) is 0 Å². The number of unbranched alkanes of at least 4 members (excludes halogenated alkanes) is 1. The molecule has 0 bridgehead atoms. The molecule has 3 amide bonds. The van der Waals surface area contributed by atoms with Crippen LogP contribution in [0.1, 0.15) is 56.3 Å². The fourth-order valence-electron chi connectivity index (χ4n) is 3.99. The highest BCUT2D eigenvalue weighted by molar-refractivity contribution is 5.94. The van der Waals surface area contributed by atoms with Gasteiger partial charge in [0.2, 0.25) is 11.8 Å². The summed E-state index contributed by atoms with van der Waals surface area (Å²) in [6.07, 6.45) is 3.52. The van der Waals surface area contributed by atoms with Gasteiger partial charge < -0.3 is 26.6 Å². The fraction of sp³-hybridized carbons (Fsp3) is 0.483. The zero-order valence-corrected chi connectivity index (χ0v) is 23.7. The predicted octanol–water partition coefficient (Wildman–Crippen LogP) is 4.06. The number of amides is 3. The smallest absolute Gasteiger partial charge is 0.251 e. The van der Waals surface area contributed by atoms with E-state index in [0.29, 0.717) is 37.1 Å². The number of anilines is 1. The van der Waals surface area contributed by atoms with Crippen LogP contribution in [-0.2, 0) is 9.59 Å². The summed E-state index contributed by atoms with van der Waals surface area (Å²) in [7, 11) is 5.68. The maximum absolute atomic E-state index is 12.7. The van der Waals surface area contributed by atoms with Crippen LogP contribution in [0.15, 0.2) is 58.8 Å². The number of azo groups is 1. The monoisotopic (exact) mass is 537 g/mol. The van der Waals surface area contributed by atoms with Crippen molar-refractivity contribution in [1.82, 2.24) is 16.0 Å². The molecule has 2 rings (SSSR count). The van der Waals surface area contributed by atoms with Crippen molar-refractivity contribution in [2.75, 3.05) is 32.6 Å². The third-order valence-corrected chi connectivity index (χ3v) is 6.51. The van der Waals surface area contributed by atoms with Crippen LogP contribution < -0.4 is 26.6 Å². The number of primary amides is 1. The van der Waals surface area contributed by atoms with Crippen molar-refractivity contribution >= 4 is 34.8 Å². The van der Waals surface area contributed by atoms with Crippen molar-refractivity contribution in [2.24, 2.45) is 21.9 Å². The third kappa shape index (κ3) is 10.8. The lowest BCUT2D eigenvalue weighted by atomic mass is 9.97. The van der Waals surface area contributed by atoms with Gasteiger partial charge in [0.15, 0.2) is 0 Å². The lowest BCUT2D eigenvalue weighted by Crippen LogP contribution is -2.51. The summed E-state index contributed by atoms with van der Waals surface area (Å²) in [6.45, 7) is 4.52. The Bertz CT molecular complexity index is 1090. The van der Waals surface area contributed by atoms with E-state index in [4.69, 9.17) is 5.73 Å². The van der Waals surface area contributed by atoms with Crippen molar-refractivity contribution in [2.45, 2.75) is 58.0 Å². The van der Waals surface area contributed by atoms with E-state index in [9.17, 15) is 14.4 Å². The number of benzene rings is 2. The van der Waals surface area contributed by atoms with Gasteiger partial charge in [0.25, 0.3) is 5.91 Å². The van der Waals surface area contributed by atoms with Gasteiger partial charge in [0, 0.05) is 31.9 Å². The highest BCUT2D eigenvalue weighted by Crippen LogP contribution is 2.21. The van der Waals surface area contributed by atoms with Crippen molar-refractivity contribution < 1.29 is 14.4 Å². The molecule has 0 aliphatic rings. The third-order valence-electron chi connectivity index (χ3n) is 6.51. The molecule has 39 heavy (non-hydrogen) atoms. The molecule has 10 nitrogen and oxygen atoms in total. The molecule has 1 unspecified atom stereocenters. The molecule has 0 saturated carbocycles. The second kappa shape index (κ2) is 16.2. The molecule has 5 N–H and O–H groups in total. The molecule has 0 aliphatic carbocycles. The molecule has 0 fully saturated rings. The highest BCUT2D eigenvalue weighted by atomic mass is 16.2. The molecule has 0 saturated heterocycles. The minimum Gasteiger partial charge on any atom is -0.378 e. The van der Waals surface area contributed by atoms with E-state index in [-0.39, 0.29) is 17.7 Å². The second-order valence-corrected chi connectivity index (χ2v) is 9.99. The number of nitrogens with zero attached hydrogens (tertiary/aromatic N) is 3. The van der Waals surface area contributed by atoms with Crippen LogP contribution in [0, 0.1) is 5.92 Å². The number of nitrogens with one attached hydrogen (secondary N) is 3. The van der Waals surface area contributed by atoms with Gasteiger partial charge in [-0.15, -0.1) is 0 Å². The van der Waals surface area contributed by atoms with Crippen LogP contribution in [0.4, 0.5) is 17.1 Å².